The van der Waals surface area contributed by atoms with Crippen LogP contribution in [0.25, 0.3) is 10.8 Å². The quantitative estimate of drug-likeness (QED) is 0.0447. The van der Waals surface area contributed by atoms with Gasteiger partial charge in [-0.25, -0.2) is 4.79 Å². The first-order chi connectivity index (χ1) is 37.3. The highest BCUT2D eigenvalue weighted by Crippen LogP contribution is 2.41. The number of carbonyl (C=O) groups is 4. The Hall–Kier alpha value is -5.02. The molecular weight excluding hydrogens is 1020 g/mol. The van der Waals surface area contributed by atoms with E-state index >= 15 is 0 Å². The Balaban J connectivity index is 0.981. The molecule has 4 aliphatic rings. The lowest BCUT2D eigenvalue weighted by atomic mass is 9.74. The van der Waals surface area contributed by atoms with Crippen LogP contribution in [0.5, 0.6) is 0 Å². The number of amides is 3. The number of nitrogens with one attached hydrogen (secondary N) is 5. The van der Waals surface area contributed by atoms with Crippen LogP contribution in [0.15, 0.2) is 39.9 Å². The van der Waals surface area contributed by atoms with Crippen LogP contribution >= 0.6 is 0 Å². The summed E-state index contributed by atoms with van der Waals surface area (Å²) in [5.41, 5.74) is 1.77. The Morgan fingerprint density at radius 2 is 1.49 bits per heavy atom. The molecule has 23 nitrogen and oxygen atoms in total. The Kier molecular flexibility index (Phi) is 22.1. The molecule has 0 radical (unpaired) electrons. The van der Waals surface area contributed by atoms with E-state index < -0.39 is 128 Å². The monoisotopic (exact) mass is 1100 g/mol. The van der Waals surface area contributed by atoms with Crippen molar-refractivity contribution < 1.29 is 77.9 Å². The molecule has 14 atom stereocenters. The number of rotatable bonds is 24. The van der Waals surface area contributed by atoms with E-state index in [4.69, 9.17) is 33.2 Å². The topological polar surface area (TPSA) is 336 Å². The largest absolute Gasteiger partial charge is 0.394 e. The minimum Gasteiger partial charge on any atom is -0.394 e. The van der Waals surface area contributed by atoms with E-state index in [9.17, 15) is 54.3 Å². The third-order valence-electron chi connectivity index (χ3n) is 15.2. The van der Waals surface area contributed by atoms with Gasteiger partial charge in [0.1, 0.15) is 43.7 Å². The number of carbonyl (C=O) groups excluding carboxylic acids is 4. The first-order valence-corrected chi connectivity index (χ1v) is 27.2. The van der Waals surface area contributed by atoms with Crippen molar-refractivity contribution in [2.24, 2.45) is 23.7 Å². The number of aromatic nitrogens is 2. The van der Waals surface area contributed by atoms with Crippen LogP contribution in [0, 0.1) is 44.4 Å². The lowest BCUT2D eigenvalue weighted by molar-refractivity contribution is -0.336. The molecule has 3 aromatic rings. The predicted molar refractivity (Wildman–Crippen MR) is 281 cm³/mol. The standard InChI is InChI=1S/C55H79N5O18/c1-28-15-30(3)46-34(16-28)17-29(2)18-38(46)58-45(66)27-73-14-13-72-26-44(65)56-11-12-57-52(70)36-20-35(21-39(62)37-23-43(64)60-55(71)59-37)51(78-54-49(69)47(67)40(63)25-74-54)41(22-36)76-53-32(5)50(48(68)42(24-61)77-53)75-31(4)19-33-9-7-6-8-10-33/h15-18,23,31-33,35-36,40-42,47-51,53-54,61,63,67-69H,6-14,19-22,24-27H2,1-5H3,(H,56,65)(H,57,70)(H,58,66)(H2,59,60,64,71)/t31?,32?,35?,36?,40-,41-,42+,47+,48+,49?,50?,51-,53-,54+/m1/s1. The van der Waals surface area contributed by atoms with Gasteiger partial charge in [0.05, 0.1) is 56.5 Å². The fourth-order valence-corrected chi connectivity index (χ4v) is 11.4. The average Bonchev–Trinajstić information content (AvgIpc) is 3.50. The molecule has 6 unspecified atom stereocenters. The van der Waals surface area contributed by atoms with Gasteiger partial charge >= 0.3 is 5.69 Å². The molecule has 7 rings (SSSR count). The smallest absolute Gasteiger partial charge is 0.326 e. The van der Waals surface area contributed by atoms with Crippen molar-refractivity contribution in [3.63, 3.8) is 0 Å². The van der Waals surface area contributed by atoms with Gasteiger partial charge in [0.2, 0.25) is 17.7 Å². The zero-order chi connectivity index (χ0) is 56.2. The summed E-state index contributed by atoms with van der Waals surface area (Å²) in [5.74, 6) is -4.14. The molecule has 0 bridgehead atoms. The Bertz CT molecular complexity index is 2590. The molecule has 432 valence electrons. The van der Waals surface area contributed by atoms with Crippen molar-refractivity contribution in [1.29, 1.82) is 0 Å². The first-order valence-electron chi connectivity index (χ1n) is 27.2. The highest BCUT2D eigenvalue weighted by atomic mass is 16.7. The molecule has 4 fully saturated rings. The number of ketones is 1. The van der Waals surface area contributed by atoms with Crippen LogP contribution in [-0.4, -0.2) is 179 Å². The van der Waals surface area contributed by atoms with Crippen molar-refractivity contribution in [3.05, 3.63) is 73.6 Å². The number of H-pyrrole nitrogens is 2. The number of ether oxygens (including phenoxy) is 7. The van der Waals surface area contributed by atoms with E-state index in [1.54, 1.807) is 6.92 Å². The lowest BCUT2D eigenvalue weighted by Crippen LogP contribution is -2.60. The van der Waals surface area contributed by atoms with Crippen molar-refractivity contribution in [3.8, 4) is 0 Å². The molecule has 2 aliphatic carbocycles. The summed E-state index contributed by atoms with van der Waals surface area (Å²) < 4.78 is 42.5. The zero-order valence-electron chi connectivity index (χ0n) is 45.1. The van der Waals surface area contributed by atoms with Gasteiger partial charge in [0.25, 0.3) is 5.56 Å². The third kappa shape index (κ3) is 16.3. The number of hydrogen-bond donors (Lipinski definition) is 10. The van der Waals surface area contributed by atoms with Gasteiger partial charge < -0.3 is 79.6 Å². The number of aryl methyl sites for hydroxylation is 3. The summed E-state index contributed by atoms with van der Waals surface area (Å²) >= 11 is 0. The van der Waals surface area contributed by atoms with Gasteiger partial charge in [-0.05, 0) is 81.4 Å². The second-order valence-corrected chi connectivity index (χ2v) is 21.6. The van der Waals surface area contributed by atoms with Crippen LogP contribution in [0.4, 0.5) is 5.69 Å². The molecular formula is C55H79N5O18. The van der Waals surface area contributed by atoms with Gasteiger partial charge in [0, 0.05) is 48.5 Å². The number of aliphatic hydroxyl groups excluding tert-OH is 5. The number of aromatic amines is 2. The van der Waals surface area contributed by atoms with Crippen molar-refractivity contribution in [1.82, 2.24) is 20.6 Å². The Morgan fingerprint density at radius 3 is 2.19 bits per heavy atom. The zero-order valence-corrected chi connectivity index (χ0v) is 45.1. The maximum Gasteiger partial charge on any atom is 0.326 e. The molecule has 3 heterocycles. The molecule has 2 saturated carbocycles. The summed E-state index contributed by atoms with van der Waals surface area (Å²) in [6, 6.07) is 9.03. The molecule has 3 amide bonds. The number of Topliss-reactive ketones (excluding diaryl/α,β-unsaturated/α-hetero) is 1. The molecule has 2 saturated heterocycles. The van der Waals surface area contributed by atoms with Crippen LogP contribution < -0.4 is 27.2 Å². The van der Waals surface area contributed by atoms with Gasteiger partial charge in [-0.3, -0.25) is 29.0 Å². The number of hydrogen-bond acceptors (Lipinski definition) is 18. The molecule has 0 spiro atoms. The molecule has 2 aromatic carbocycles. The number of fused-ring (bicyclic) bond motifs is 1. The minimum absolute atomic E-state index is 0.00253. The summed E-state index contributed by atoms with van der Waals surface area (Å²) in [7, 11) is 0. The van der Waals surface area contributed by atoms with Crippen LogP contribution in [-0.2, 0) is 47.5 Å². The maximum atomic E-state index is 14.2. The van der Waals surface area contributed by atoms with E-state index in [-0.39, 0.29) is 70.1 Å². The van der Waals surface area contributed by atoms with Crippen LogP contribution in [0.1, 0.15) is 98.8 Å². The second-order valence-electron chi connectivity index (χ2n) is 21.6. The minimum atomic E-state index is -1.77. The van der Waals surface area contributed by atoms with E-state index in [0.29, 0.717) is 11.6 Å². The molecule has 10 N–H and O–H groups in total. The summed E-state index contributed by atoms with van der Waals surface area (Å²) in [5, 5.41) is 64.2. The van der Waals surface area contributed by atoms with Crippen molar-refractivity contribution >= 4 is 40.0 Å². The Labute approximate surface area is 452 Å². The van der Waals surface area contributed by atoms with Crippen molar-refractivity contribution in [2.45, 2.75) is 160 Å². The van der Waals surface area contributed by atoms with E-state index in [2.05, 4.69) is 39.1 Å². The van der Waals surface area contributed by atoms with Gasteiger partial charge in [-0.2, -0.15) is 0 Å². The van der Waals surface area contributed by atoms with Gasteiger partial charge in [-0.15, -0.1) is 0 Å². The predicted octanol–water partition coefficient (Wildman–Crippen LogP) is 1.31. The second kappa shape index (κ2) is 28.4. The number of benzene rings is 2. The molecule has 2 aliphatic heterocycles. The third-order valence-corrected chi connectivity index (χ3v) is 15.2. The fourth-order valence-electron chi connectivity index (χ4n) is 11.4. The van der Waals surface area contributed by atoms with E-state index in [1.807, 2.05) is 38.7 Å². The molecule has 1 aromatic heterocycles. The van der Waals surface area contributed by atoms with Gasteiger partial charge in [0.15, 0.2) is 18.4 Å². The molecule has 23 heteroatoms. The lowest BCUT2D eigenvalue weighted by Gasteiger charge is -2.48. The summed E-state index contributed by atoms with van der Waals surface area (Å²) in [4.78, 5) is 82.5. The number of anilines is 1. The normalized spacial score (nSPS) is 29.2. The average molecular weight is 1100 g/mol. The SMILES string of the molecule is Cc1cc(C)c2c(NC(=O)COCCOCC(=O)NCCNC(=O)C3CC(CC(=O)c4cc(=O)[nH]c(=O)[nH]4)[C@@H](O[C@@H]4OC[C@@H](O)[C@H](O)C4O)[C@H](O[C@@H]4O[C@@H](CO)[C@H](O)C(OC(C)CC5CCCCC5)C4C)C3)cc(C)cc2c1. The summed E-state index contributed by atoms with van der Waals surface area (Å²) in [6.45, 7) is 8.12. The Morgan fingerprint density at radius 1 is 0.795 bits per heavy atom. The van der Waals surface area contributed by atoms with E-state index in [0.717, 1.165) is 65.6 Å². The highest BCUT2D eigenvalue weighted by Gasteiger charge is 2.51. The molecule has 78 heavy (non-hydrogen) atoms. The van der Waals surface area contributed by atoms with Crippen LogP contribution in [0.2, 0.25) is 0 Å². The highest BCUT2D eigenvalue weighted by molar-refractivity contribution is 6.04. The first kappa shape index (κ1) is 60.6. The summed E-state index contributed by atoms with van der Waals surface area (Å²) in [6.07, 6.45) is -7.83. The van der Waals surface area contributed by atoms with E-state index in [1.165, 1.54) is 6.42 Å². The van der Waals surface area contributed by atoms with Crippen molar-refractivity contribution in [2.75, 3.05) is 58.0 Å². The maximum absolute atomic E-state index is 14.2. The fraction of sp³-hybridized carbons (Fsp3) is 0.673. The van der Waals surface area contributed by atoms with Gasteiger partial charge in [-0.1, -0.05) is 62.8 Å². The van der Waals surface area contributed by atoms with Crippen LogP contribution in [0.3, 0.4) is 0 Å². The number of aliphatic hydroxyl groups is 5.